The van der Waals surface area contributed by atoms with E-state index >= 15 is 0 Å². The van der Waals surface area contributed by atoms with Crippen LogP contribution in [0.4, 0.5) is 10.5 Å². The molecule has 0 spiro atoms. The lowest BCUT2D eigenvalue weighted by Gasteiger charge is -2.44. The molecule has 3 aliphatic rings. The van der Waals surface area contributed by atoms with Gasteiger partial charge < -0.3 is 10.2 Å². The van der Waals surface area contributed by atoms with Crippen molar-refractivity contribution in [2.45, 2.75) is 56.0 Å². The normalized spacial score (nSPS) is 24.0. The molecule has 1 N–H and O–H groups in total. The van der Waals surface area contributed by atoms with E-state index in [1.54, 1.807) is 24.3 Å². The number of nitrogens with one attached hydrogen (secondary N) is 1. The maximum Gasteiger partial charge on any atom is 0.336 e. The summed E-state index contributed by atoms with van der Waals surface area (Å²) < 4.78 is 26.9. The fourth-order valence-corrected chi connectivity index (χ4v) is 7.07. The van der Waals surface area contributed by atoms with E-state index < -0.39 is 16.1 Å². The molecule has 7 nitrogen and oxygen atoms in total. The molecule has 2 heterocycles. The quantitative estimate of drug-likeness (QED) is 0.669. The lowest BCUT2D eigenvalue weighted by atomic mass is 9.78. The van der Waals surface area contributed by atoms with Crippen molar-refractivity contribution in [3.8, 4) is 0 Å². The summed E-state index contributed by atoms with van der Waals surface area (Å²) >= 11 is 5.97. The third-order valence-electron chi connectivity index (χ3n) is 7.01. The van der Waals surface area contributed by atoms with Gasteiger partial charge in [-0.1, -0.05) is 36.6 Å². The van der Waals surface area contributed by atoms with E-state index in [2.05, 4.69) is 5.32 Å². The van der Waals surface area contributed by atoms with Gasteiger partial charge in [0, 0.05) is 23.2 Å². The Hall–Kier alpha value is -2.58. The predicted molar refractivity (Wildman–Crippen MR) is 126 cm³/mol. The van der Waals surface area contributed by atoms with E-state index in [4.69, 9.17) is 11.6 Å². The monoisotopic (exact) mass is 487 g/mol. The second-order valence-electron chi connectivity index (χ2n) is 9.03. The third kappa shape index (κ3) is 4.10. The van der Waals surface area contributed by atoms with Gasteiger partial charge in [0.05, 0.1) is 12.2 Å². The summed E-state index contributed by atoms with van der Waals surface area (Å²) in [5.74, 6) is 0.639. The lowest BCUT2D eigenvalue weighted by Crippen LogP contribution is -2.49. The van der Waals surface area contributed by atoms with Crippen molar-refractivity contribution < 1.29 is 18.0 Å². The van der Waals surface area contributed by atoms with Crippen molar-refractivity contribution in [3.05, 3.63) is 58.6 Å². The fourth-order valence-electron chi connectivity index (χ4n) is 5.34. The molecule has 0 bridgehead atoms. The molecule has 33 heavy (non-hydrogen) atoms. The Labute approximate surface area is 198 Å². The molecule has 2 aromatic rings. The first kappa shape index (κ1) is 22.2. The second-order valence-corrected chi connectivity index (χ2v) is 11.3. The Morgan fingerprint density at radius 2 is 1.76 bits per heavy atom. The van der Waals surface area contributed by atoms with Gasteiger partial charge in [0.15, 0.2) is 0 Å². The largest absolute Gasteiger partial charge is 0.336 e. The van der Waals surface area contributed by atoms with Crippen molar-refractivity contribution in [2.24, 2.45) is 5.92 Å². The number of carbonyl (C=O) groups excluding carboxylic acids is 2. The van der Waals surface area contributed by atoms with Gasteiger partial charge in [0.2, 0.25) is 0 Å². The van der Waals surface area contributed by atoms with Crippen molar-refractivity contribution >= 4 is 39.2 Å². The van der Waals surface area contributed by atoms with E-state index in [-0.39, 0.29) is 28.1 Å². The molecule has 174 valence electrons. The van der Waals surface area contributed by atoms with E-state index in [0.717, 1.165) is 23.7 Å². The number of hydrogen-bond donors (Lipinski definition) is 1. The Kier molecular flexibility index (Phi) is 5.82. The van der Waals surface area contributed by atoms with E-state index in [0.29, 0.717) is 23.1 Å². The number of hydrogen-bond acceptors (Lipinski definition) is 4. The highest BCUT2D eigenvalue weighted by molar-refractivity contribution is 7.90. The molecule has 2 fully saturated rings. The summed E-state index contributed by atoms with van der Waals surface area (Å²) in [5, 5.41) is 2.87. The van der Waals surface area contributed by atoms with Gasteiger partial charge >= 0.3 is 6.03 Å². The molecule has 1 aliphatic carbocycles. The van der Waals surface area contributed by atoms with Crippen LogP contribution in [0, 0.1) is 5.92 Å². The first-order valence-corrected chi connectivity index (χ1v) is 13.2. The maximum atomic E-state index is 13.2. The zero-order valence-corrected chi connectivity index (χ0v) is 19.7. The number of fused-ring (bicyclic) bond motifs is 2. The van der Waals surface area contributed by atoms with Crippen LogP contribution in [0.1, 0.15) is 54.4 Å². The van der Waals surface area contributed by atoms with Gasteiger partial charge in [0.25, 0.3) is 15.9 Å². The van der Waals surface area contributed by atoms with Crippen LogP contribution in [0.25, 0.3) is 0 Å². The van der Waals surface area contributed by atoms with Crippen LogP contribution in [0.5, 0.6) is 0 Å². The van der Waals surface area contributed by atoms with Crippen LogP contribution in [0.15, 0.2) is 47.4 Å². The molecule has 2 aliphatic heterocycles. The van der Waals surface area contributed by atoms with Gasteiger partial charge in [-0.25, -0.2) is 17.5 Å². The topological polar surface area (TPSA) is 86.8 Å². The van der Waals surface area contributed by atoms with Gasteiger partial charge in [-0.3, -0.25) is 4.79 Å². The first-order valence-electron chi connectivity index (χ1n) is 11.4. The number of carbonyl (C=O) groups is 2. The van der Waals surface area contributed by atoms with Gasteiger partial charge in [0.1, 0.15) is 4.90 Å². The van der Waals surface area contributed by atoms with Crippen molar-refractivity contribution in [3.63, 3.8) is 0 Å². The van der Waals surface area contributed by atoms with Crippen LogP contribution in [0.3, 0.4) is 0 Å². The number of amides is 3. The lowest BCUT2D eigenvalue weighted by molar-refractivity contribution is 0.0390. The number of nitrogens with zero attached hydrogens (tertiary/aromatic N) is 2. The summed E-state index contributed by atoms with van der Waals surface area (Å²) in [7, 11) is -4.05. The highest BCUT2D eigenvalue weighted by Gasteiger charge is 2.38. The molecule has 2 aromatic carbocycles. The van der Waals surface area contributed by atoms with E-state index in [9.17, 15) is 18.0 Å². The van der Waals surface area contributed by atoms with Crippen LogP contribution in [-0.2, 0) is 16.6 Å². The number of sulfonamides is 1. The zero-order valence-electron chi connectivity index (χ0n) is 18.2. The number of benzene rings is 2. The first-order chi connectivity index (χ1) is 15.8. The summed E-state index contributed by atoms with van der Waals surface area (Å²) in [5.41, 5.74) is 1.42. The van der Waals surface area contributed by atoms with Crippen LogP contribution in [-0.4, -0.2) is 42.1 Å². The minimum Gasteiger partial charge on any atom is -0.335 e. The molecular weight excluding hydrogens is 462 g/mol. The summed E-state index contributed by atoms with van der Waals surface area (Å²) in [6.45, 7) is 0.652. The summed E-state index contributed by atoms with van der Waals surface area (Å²) in [4.78, 5) is 27.7. The average molecular weight is 488 g/mol. The van der Waals surface area contributed by atoms with Gasteiger partial charge in [-0.15, -0.1) is 0 Å². The standard InChI is InChI=1S/C24H26ClN3O4S/c25-19-11-12-20-22(14-19)33(31,32)28(24(30)26-20)15-16-7-9-18(10-8-16)23(29)27-13-3-5-17-4-1-2-6-21(17)27/h7-12,14,17,21H,1-6,13,15H2,(H,26,30). The average Bonchev–Trinajstić information content (AvgIpc) is 2.82. The molecular formula is C24H26ClN3O4S. The summed E-state index contributed by atoms with van der Waals surface area (Å²) in [6.07, 6.45) is 6.94. The minimum absolute atomic E-state index is 0.0325. The molecule has 1 saturated carbocycles. The number of piperidine rings is 1. The Balaban J connectivity index is 1.34. The van der Waals surface area contributed by atoms with Crippen molar-refractivity contribution in [2.75, 3.05) is 11.9 Å². The smallest absolute Gasteiger partial charge is 0.335 e. The van der Waals surface area contributed by atoms with E-state index in [1.165, 1.54) is 43.9 Å². The Bertz CT molecular complexity index is 1200. The molecule has 3 amide bonds. The van der Waals surface area contributed by atoms with Gasteiger partial charge in [-0.2, -0.15) is 0 Å². The molecule has 0 radical (unpaired) electrons. The molecule has 0 aromatic heterocycles. The highest BCUT2D eigenvalue weighted by atomic mass is 35.5. The summed E-state index contributed by atoms with van der Waals surface area (Å²) in [6, 6.07) is 10.8. The molecule has 2 atom stereocenters. The zero-order chi connectivity index (χ0) is 23.2. The van der Waals surface area contributed by atoms with E-state index in [1.807, 2.05) is 4.90 Å². The minimum atomic E-state index is -4.05. The number of rotatable bonds is 3. The van der Waals surface area contributed by atoms with Crippen molar-refractivity contribution in [1.82, 2.24) is 9.21 Å². The van der Waals surface area contributed by atoms with Crippen molar-refractivity contribution in [1.29, 1.82) is 0 Å². The number of likely N-dealkylation sites (tertiary alicyclic amines) is 1. The fraction of sp³-hybridized carbons (Fsp3) is 0.417. The molecule has 2 unspecified atom stereocenters. The molecule has 1 saturated heterocycles. The second kappa shape index (κ2) is 8.65. The maximum absolute atomic E-state index is 13.2. The number of urea groups is 1. The van der Waals surface area contributed by atoms with Crippen LogP contribution < -0.4 is 5.32 Å². The Morgan fingerprint density at radius 1 is 1.03 bits per heavy atom. The predicted octanol–water partition coefficient (Wildman–Crippen LogP) is 4.87. The molecule has 5 rings (SSSR count). The number of halogens is 1. The Morgan fingerprint density at radius 3 is 2.55 bits per heavy atom. The third-order valence-corrected chi connectivity index (χ3v) is 9.01. The number of anilines is 1. The van der Waals surface area contributed by atoms with Crippen LogP contribution in [0.2, 0.25) is 5.02 Å². The highest BCUT2D eigenvalue weighted by Crippen LogP contribution is 2.36. The van der Waals surface area contributed by atoms with Gasteiger partial charge in [-0.05, 0) is 67.5 Å². The van der Waals surface area contributed by atoms with Crippen LogP contribution >= 0.6 is 11.6 Å². The molecule has 9 heteroatoms. The SMILES string of the molecule is O=C(c1ccc(CN2C(=O)Nc3ccc(Cl)cc3S2(=O)=O)cc1)N1CCCC2CCCCC21.